The number of fused-ring (bicyclic) bond motifs is 1. The van der Waals surface area contributed by atoms with E-state index < -0.39 is 0 Å². The molecular weight excluding hydrogens is 156 g/mol. The molecule has 0 amide bonds. The summed E-state index contributed by atoms with van der Waals surface area (Å²) >= 11 is 1.76. The number of aromatic nitrogens is 1. The van der Waals surface area contributed by atoms with Gasteiger partial charge in [0.05, 0.1) is 11.9 Å². The maximum absolute atomic E-state index is 5.80. The van der Waals surface area contributed by atoms with Gasteiger partial charge in [0.1, 0.15) is 5.69 Å². The maximum atomic E-state index is 5.80. The summed E-state index contributed by atoms with van der Waals surface area (Å²) in [6, 6.07) is 0. The molecule has 0 aliphatic heterocycles. The predicted octanol–water partition coefficient (Wildman–Crippen LogP) is 1.03. The SMILES string of the molecule is C[n+]1c(N)sc2c1CCCC2. The van der Waals surface area contributed by atoms with Crippen LogP contribution in [0.5, 0.6) is 0 Å². The maximum Gasteiger partial charge on any atom is 0.331 e. The summed E-state index contributed by atoms with van der Waals surface area (Å²) in [5, 5.41) is 0.955. The van der Waals surface area contributed by atoms with Crippen LogP contribution in [0, 0.1) is 0 Å². The molecule has 0 unspecified atom stereocenters. The zero-order chi connectivity index (χ0) is 7.84. The standard InChI is InChI=1S/C8H12N2S/c1-10-6-4-2-3-5-7(6)11-8(10)9/h9H,2-5H2,1H3/p+1. The molecule has 0 fully saturated rings. The molecule has 0 radical (unpaired) electrons. The van der Waals surface area contributed by atoms with Crippen LogP contribution in [0.2, 0.25) is 0 Å². The van der Waals surface area contributed by atoms with Crippen LogP contribution in [0.4, 0.5) is 5.13 Å². The minimum absolute atomic E-state index is 0.955. The van der Waals surface area contributed by atoms with Gasteiger partial charge < -0.3 is 0 Å². The molecule has 0 atom stereocenters. The van der Waals surface area contributed by atoms with Crippen LogP contribution >= 0.6 is 11.3 Å². The Hall–Kier alpha value is -0.570. The van der Waals surface area contributed by atoms with E-state index in [2.05, 4.69) is 11.6 Å². The fraction of sp³-hybridized carbons (Fsp3) is 0.625. The van der Waals surface area contributed by atoms with E-state index in [1.54, 1.807) is 11.3 Å². The number of rotatable bonds is 0. The van der Waals surface area contributed by atoms with Gasteiger partial charge >= 0.3 is 5.13 Å². The first-order valence-corrected chi connectivity index (χ1v) is 4.86. The van der Waals surface area contributed by atoms with Crippen LogP contribution in [0.1, 0.15) is 23.4 Å². The number of nitrogens with zero attached hydrogens (tertiary/aromatic N) is 1. The highest BCUT2D eigenvalue weighted by Gasteiger charge is 2.20. The Bertz CT molecular complexity index is 278. The Morgan fingerprint density at radius 3 is 2.82 bits per heavy atom. The Balaban J connectivity index is 2.50. The summed E-state index contributed by atoms with van der Waals surface area (Å²) in [5.74, 6) is 0. The van der Waals surface area contributed by atoms with Crippen LogP contribution in [0.25, 0.3) is 0 Å². The highest BCUT2D eigenvalue weighted by atomic mass is 32.1. The quantitative estimate of drug-likeness (QED) is 0.578. The Kier molecular flexibility index (Phi) is 1.60. The van der Waals surface area contributed by atoms with Crippen LogP contribution < -0.4 is 10.3 Å². The molecule has 0 saturated heterocycles. The van der Waals surface area contributed by atoms with Crippen molar-refractivity contribution in [3.8, 4) is 0 Å². The molecule has 0 aromatic carbocycles. The van der Waals surface area contributed by atoms with Crippen LogP contribution in [0.15, 0.2) is 0 Å². The third-order valence-corrected chi connectivity index (χ3v) is 3.52. The van der Waals surface area contributed by atoms with Gasteiger partial charge in [-0.3, -0.25) is 5.73 Å². The van der Waals surface area contributed by atoms with Crippen molar-refractivity contribution in [2.24, 2.45) is 7.05 Å². The van der Waals surface area contributed by atoms with Crippen molar-refractivity contribution in [3.63, 3.8) is 0 Å². The van der Waals surface area contributed by atoms with Gasteiger partial charge in [0.25, 0.3) is 0 Å². The summed E-state index contributed by atoms with van der Waals surface area (Å²) in [6.45, 7) is 0. The molecule has 2 rings (SSSR count). The van der Waals surface area contributed by atoms with E-state index in [9.17, 15) is 0 Å². The molecule has 2 N–H and O–H groups in total. The van der Waals surface area contributed by atoms with Crippen molar-refractivity contribution >= 4 is 16.5 Å². The second-order valence-electron chi connectivity index (χ2n) is 3.08. The topological polar surface area (TPSA) is 29.9 Å². The van der Waals surface area contributed by atoms with Crippen molar-refractivity contribution in [1.82, 2.24) is 0 Å². The average Bonchev–Trinajstić information content (AvgIpc) is 2.30. The number of thiazole rings is 1. The molecule has 0 spiro atoms. The van der Waals surface area contributed by atoms with E-state index in [-0.39, 0.29) is 0 Å². The van der Waals surface area contributed by atoms with Gasteiger partial charge in [-0.1, -0.05) is 11.3 Å². The van der Waals surface area contributed by atoms with E-state index in [4.69, 9.17) is 5.73 Å². The molecule has 0 bridgehead atoms. The molecule has 11 heavy (non-hydrogen) atoms. The second-order valence-corrected chi connectivity index (χ2v) is 4.19. The molecule has 1 aliphatic rings. The lowest BCUT2D eigenvalue weighted by Crippen LogP contribution is -2.34. The van der Waals surface area contributed by atoms with Gasteiger partial charge in [0, 0.05) is 6.42 Å². The van der Waals surface area contributed by atoms with Gasteiger partial charge in [-0.25, -0.2) is 4.57 Å². The van der Waals surface area contributed by atoms with Crippen LogP contribution in [0.3, 0.4) is 0 Å². The van der Waals surface area contributed by atoms with Crippen molar-refractivity contribution in [2.75, 3.05) is 5.73 Å². The molecule has 1 aromatic rings. The molecule has 2 nitrogen and oxygen atoms in total. The van der Waals surface area contributed by atoms with E-state index >= 15 is 0 Å². The van der Waals surface area contributed by atoms with Crippen molar-refractivity contribution in [3.05, 3.63) is 10.6 Å². The zero-order valence-electron chi connectivity index (χ0n) is 6.76. The highest BCUT2D eigenvalue weighted by Crippen LogP contribution is 2.25. The Labute approximate surface area is 70.7 Å². The van der Waals surface area contributed by atoms with Gasteiger partial charge in [0.2, 0.25) is 0 Å². The first kappa shape index (κ1) is 7.10. The summed E-state index contributed by atoms with van der Waals surface area (Å²) in [5.41, 5.74) is 7.27. The first-order chi connectivity index (χ1) is 5.29. The number of hydrogen-bond acceptors (Lipinski definition) is 2. The lowest BCUT2D eigenvalue weighted by molar-refractivity contribution is -0.660. The number of nitrogens with two attached hydrogens (primary N) is 1. The molecule has 3 heteroatoms. The van der Waals surface area contributed by atoms with Crippen molar-refractivity contribution in [1.29, 1.82) is 0 Å². The number of anilines is 1. The zero-order valence-corrected chi connectivity index (χ0v) is 7.58. The normalized spacial score (nSPS) is 16.5. The monoisotopic (exact) mass is 169 g/mol. The lowest BCUT2D eigenvalue weighted by Gasteiger charge is -2.07. The minimum Gasteiger partial charge on any atom is -0.278 e. The fourth-order valence-electron chi connectivity index (χ4n) is 1.65. The average molecular weight is 169 g/mol. The van der Waals surface area contributed by atoms with Gasteiger partial charge in [-0.2, -0.15) is 0 Å². The van der Waals surface area contributed by atoms with E-state index in [1.165, 1.54) is 36.3 Å². The predicted molar refractivity (Wildman–Crippen MR) is 46.5 cm³/mol. The molecule has 1 heterocycles. The summed E-state index contributed by atoms with van der Waals surface area (Å²) in [6.07, 6.45) is 5.13. The van der Waals surface area contributed by atoms with E-state index in [0.29, 0.717) is 0 Å². The second kappa shape index (κ2) is 2.48. The third-order valence-electron chi connectivity index (χ3n) is 2.35. The van der Waals surface area contributed by atoms with Gasteiger partial charge in [-0.05, 0) is 19.3 Å². The highest BCUT2D eigenvalue weighted by molar-refractivity contribution is 7.15. The Morgan fingerprint density at radius 1 is 1.36 bits per heavy atom. The van der Waals surface area contributed by atoms with Crippen LogP contribution in [-0.4, -0.2) is 0 Å². The molecule has 1 aromatic heterocycles. The minimum atomic E-state index is 0.955. The van der Waals surface area contributed by atoms with Crippen LogP contribution in [-0.2, 0) is 19.9 Å². The number of aryl methyl sites for hydroxylation is 1. The summed E-state index contributed by atoms with van der Waals surface area (Å²) < 4.78 is 2.14. The molecule has 60 valence electrons. The molecule has 1 aliphatic carbocycles. The van der Waals surface area contributed by atoms with Crippen molar-refractivity contribution < 1.29 is 4.57 Å². The summed E-state index contributed by atoms with van der Waals surface area (Å²) in [7, 11) is 2.07. The number of hydrogen-bond donors (Lipinski definition) is 1. The lowest BCUT2D eigenvalue weighted by atomic mass is 10.0. The van der Waals surface area contributed by atoms with Gasteiger partial charge in [-0.15, -0.1) is 0 Å². The van der Waals surface area contributed by atoms with E-state index in [0.717, 1.165) is 5.13 Å². The van der Waals surface area contributed by atoms with Crippen molar-refractivity contribution in [2.45, 2.75) is 25.7 Å². The Morgan fingerprint density at radius 2 is 2.09 bits per heavy atom. The fourth-order valence-corrected chi connectivity index (χ4v) is 2.76. The van der Waals surface area contributed by atoms with Gasteiger partial charge in [0.15, 0.2) is 0 Å². The number of nitrogen functional groups attached to an aromatic ring is 1. The first-order valence-electron chi connectivity index (χ1n) is 4.05. The molecular formula is C8H13N2S+. The third kappa shape index (κ3) is 1.03. The summed E-state index contributed by atoms with van der Waals surface area (Å²) in [4.78, 5) is 1.51. The smallest absolute Gasteiger partial charge is 0.278 e. The molecule has 0 saturated carbocycles. The van der Waals surface area contributed by atoms with E-state index in [1.807, 2.05) is 0 Å². The largest absolute Gasteiger partial charge is 0.331 e.